The van der Waals surface area contributed by atoms with Crippen molar-refractivity contribution in [3.63, 3.8) is 0 Å². The first-order valence-electron chi connectivity index (χ1n) is 3.19. The molecule has 1 aromatic rings. The number of aromatic hydroxyl groups is 1. The lowest BCUT2D eigenvalue weighted by atomic mass is 10.1. The zero-order valence-electron chi connectivity index (χ0n) is 5.70. The van der Waals surface area contributed by atoms with Gasteiger partial charge >= 0.3 is 0 Å². The second-order valence-electron chi connectivity index (χ2n) is 2.32. The number of nitrogen functional groups attached to an aromatic ring is 1. The molecule has 0 saturated carbocycles. The number of hydrogen-bond donors (Lipinski definition) is 2. The maximum absolute atomic E-state index is 9.19. The first-order chi connectivity index (χ1) is 5.29. The highest BCUT2D eigenvalue weighted by Gasteiger charge is 2.17. The van der Waals surface area contributed by atoms with Crippen LogP contribution in [0.3, 0.4) is 0 Å². The molecule has 0 amide bonds. The van der Waals surface area contributed by atoms with Gasteiger partial charge in [-0.1, -0.05) is 0 Å². The second kappa shape index (κ2) is 2.23. The van der Waals surface area contributed by atoms with Crippen LogP contribution in [0.25, 0.3) is 0 Å². The van der Waals surface area contributed by atoms with E-state index in [1.54, 1.807) is 12.1 Å². The third kappa shape index (κ3) is 0.903. The average Bonchev–Trinajstić information content (AvgIpc) is 2.45. The van der Waals surface area contributed by atoms with Gasteiger partial charge in [-0.2, -0.15) is 0 Å². The Labute approximate surface area is 68.4 Å². The minimum Gasteiger partial charge on any atom is -0.506 e. The van der Waals surface area contributed by atoms with Crippen molar-refractivity contribution in [1.82, 2.24) is 0 Å². The summed E-state index contributed by atoms with van der Waals surface area (Å²) < 4.78 is 5.16. The van der Waals surface area contributed by atoms with E-state index in [9.17, 15) is 5.11 Å². The minimum atomic E-state index is 0.134. The molecule has 0 unspecified atom stereocenters. The molecule has 0 radical (unpaired) electrons. The van der Waals surface area contributed by atoms with Crippen LogP contribution in [0.4, 0.5) is 5.69 Å². The summed E-state index contributed by atoms with van der Waals surface area (Å²) in [6.07, 6.45) is 0. The number of phenols is 1. The van der Waals surface area contributed by atoms with Crippen LogP contribution in [0, 0.1) is 0 Å². The smallest absolute Gasteiger partial charge is 0.143 e. The van der Waals surface area contributed by atoms with E-state index >= 15 is 0 Å². The molecule has 1 aliphatic rings. The molecule has 0 aromatic heterocycles. The Morgan fingerprint density at radius 1 is 1.55 bits per heavy atom. The van der Waals surface area contributed by atoms with Crippen molar-refractivity contribution in [3.8, 4) is 11.5 Å². The minimum absolute atomic E-state index is 0.134. The molecule has 0 aliphatic carbocycles. The Kier molecular flexibility index (Phi) is 1.35. The summed E-state index contributed by atoms with van der Waals surface area (Å²) in [4.78, 5) is 0. The van der Waals surface area contributed by atoms with E-state index in [0.717, 1.165) is 17.1 Å². The Hall–Kier alpha value is -1.03. The van der Waals surface area contributed by atoms with Gasteiger partial charge < -0.3 is 15.0 Å². The van der Waals surface area contributed by atoms with Gasteiger partial charge in [0.05, 0.1) is 23.5 Å². The number of phenolic OH excluding ortho intramolecular Hbond substituents is 1. The lowest BCUT2D eigenvalue weighted by molar-refractivity contribution is 0.477. The van der Waals surface area contributed by atoms with Crippen LogP contribution in [-0.2, 0) is 5.75 Å². The molecule has 1 heterocycles. The van der Waals surface area contributed by atoms with Crippen LogP contribution in [-0.4, -0.2) is 5.11 Å². The molecule has 4 heteroatoms. The Balaban J connectivity index is 2.62. The van der Waals surface area contributed by atoms with E-state index in [4.69, 9.17) is 9.92 Å². The van der Waals surface area contributed by atoms with E-state index in [-0.39, 0.29) is 5.75 Å². The van der Waals surface area contributed by atoms with Crippen molar-refractivity contribution < 1.29 is 9.29 Å². The Bertz CT molecular complexity index is 301. The summed E-state index contributed by atoms with van der Waals surface area (Å²) in [7, 11) is 0. The third-order valence-electron chi connectivity index (χ3n) is 1.64. The van der Waals surface area contributed by atoms with Crippen molar-refractivity contribution in [2.45, 2.75) is 5.75 Å². The van der Waals surface area contributed by atoms with E-state index in [2.05, 4.69) is 0 Å². The summed E-state index contributed by atoms with van der Waals surface area (Å²) in [6, 6.07) is 3.26. The van der Waals surface area contributed by atoms with Crippen molar-refractivity contribution in [3.05, 3.63) is 17.7 Å². The molecule has 58 valence electrons. The van der Waals surface area contributed by atoms with E-state index in [1.807, 2.05) is 0 Å². The normalized spacial score (nSPS) is 14.2. The van der Waals surface area contributed by atoms with Crippen LogP contribution in [0.5, 0.6) is 11.5 Å². The van der Waals surface area contributed by atoms with Crippen LogP contribution < -0.4 is 9.92 Å². The monoisotopic (exact) mass is 169 g/mol. The van der Waals surface area contributed by atoms with Gasteiger partial charge in [0.25, 0.3) is 0 Å². The van der Waals surface area contributed by atoms with Crippen molar-refractivity contribution in [2.75, 3.05) is 5.73 Å². The van der Waals surface area contributed by atoms with Gasteiger partial charge in [0.1, 0.15) is 11.5 Å². The highest BCUT2D eigenvalue weighted by molar-refractivity contribution is 7.94. The number of anilines is 1. The highest BCUT2D eigenvalue weighted by atomic mass is 32.2. The number of nitrogens with two attached hydrogens (primary N) is 1. The summed E-state index contributed by atoms with van der Waals surface area (Å²) in [5, 5.41) is 9.19. The van der Waals surface area contributed by atoms with Crippen molar-refractivity contribution in [2.24, 2.45) is 0 Å². The van der Waals surface area contributed by atoms with Crippen LogP contribution >= 0.6 is 12.0 Å². The van der Waals surface area contributed by atoms with E-state index in [1.165, 1.54) is 12.0 Å². The number of benzene rings is 1. The molecule has 0 fully saturated rings. The molecule has 1 aliphatic heterocycles. The zero-order valence-corrected chi connectivity index (χ0v) is 6.52. The fourth-order valence-corrected chi connectivity index (χ4v) is 1.77. The molecule has 11 heavy (non-hydrogen) atoms. The summed E-state index contributed by atoms with van der Waals surface area (Å²) in [5.41, 5.74) is 6.93. The predicted octanol–water partition coefficient (Wildman–Crippen LogP) is 1.51. The largest absolute Gasteiger partial charge is 0.506 e. The number of fused-ring (bicyclic) bond motifs is 1. The first-order valence-corrected chi connectivity index (χ1v) is 4.10. The summed E-state index contributed by atoms with van der Waals surface area (Å²) in [5.74, 6) is 1.62. The summed E-state index contributed by atoms with van der Waals surface area (Å²) in [6.45, 7) is 0. The molecule has 0 spiro atoms. The van der Waals surface area contributed by atoms with Crippen LogP contribution in [0.1, 0.15) is 5.56 Å². The topological polar surface area (TPSA) is 55.5 Å². The zero-order chi connectivity index (χ0) is 7.84. The van der Waals surface area contributed by atoms with Gasteiger partial charge in [0, 0.05) is 5.56 Å². The van der Waals surface area contributed by atoms with E-state index < -0.39 is 0 Å². The predicted molar refractivity (Wildman–Crippen MR) is 44.4 cm³/mol. The molecular weight excluding hydrogens is 162 g/mol. The standard InChI is InChI=1S/C7H7NO2S/c8-7-4-3-11-10-6(4)2-1-5(7)9/h1-2,9H,3,8H2. The molecule has 1 aromatic carbocycles. The lowest BCUT2D eigenvalue weighted by Crippen LogP contribution is -1.90. The maximum atomic E-state index is 9.19. The van der Waals surface area contributed by atoms with Crippen molar-refractivity contribution >= 4 is 17.7 Å². The quantitative estimate of drug-likeness (QED) is 0.351. The Morgan fingerprint density at radius 3 is 3.18 bits per heavy atom. The van der Waals surface area contributed by atoms with Crippen LogP contribution in [0.2, 0.25) is 0 Å². The maximum Gasteiger partial charge on any atom is 0.143 e. The third-order valence-corrected chi connectivity index (χ3v) is 2.35. The van der Waals surface area contributed by atoms with Crippen molar-refractivity contribution in [1.29, 1.82) is 0 Å². The molecule has 0 bridgehead atoms. The first kappa shape index (κ1) is 6.67. The second-order valence-corrected chi connectivity index (χ2v) is 3.01. The van der Waals surface area contributed by atoms with Gasteiger partial charge in [-0.15, -0.1) is 0 Å². The molecule has 3 N–H and O–H groups in total. The average molecular weight is 169 g/mol. The molecule has 2 rings (SSSR count). The lowest BCUT2D eigenvalue weighted by Gasteiger charge is -2.01. The summed E-state index contributed by atoms with van der Waals surface area (Å²) >= 11 is 1.33. The van der Waals surface area contributed by atoms with E-state index in [0.29, 0.717) is 5.69 Å². The molecule has 3 nitrogen and oxygen atoms in total. The fraction of sp³-hybridized carbons (Fsp3) is 0.143. The fourth-order valence-electron chi connectivity index (χ4n) is 1.01. The van der Waals surface area contributed by atoms with Gasteiger partial charge in [-0.3, -0.25) is 0 Å². The highest BCUT2D eigenvalue weighted by Crippen LogP contribution is 2.40. The SMILES string of the molecule is Nc1c(O)ccc2c1CSO2. The Morgan fingerprint density at radius 2 is 2.36 bits per heavy atom. The molecule has 0 saturated heterocycles. The van der Waals surface area contributed by atoms with Gasteiger partial charge in [0.15, 0.2) is 0 Å². The van der Waals surface area contributed by atoms with Gasteiger partial charge in [-0.25, -0.2) is 0 Å². The molecular formula is C7H7NO2S. The van der Waals surface area contributed by atoms with Gasteiger partial charge in [-0.05, 0) is 12.1 Å². The molecule has 0 atom stereocenters. The van der Waals surface area contributed by atoms with Gasteiger partial charge in [0.2, 0.25) is 0 Å². The number of rotatable bonds is 0. The number of hydrogen-bond acceptors (Lipinski definition) is 4. The van der Waals surface area contributed by atoms with Crippen LogP contribution in [0.15, 0.2) is 12.1 Å².